The van der Waals surface area contributed by atoms with Crippen LogP contribution in [0.5, 0.6) is 0 Å². The zero-order chi connectivity index (χ0) is 9.14. The van der Waals surface area contributed by atoms with E-state index < -0.39 is 6.03 Å². The van der Waals surface area contributed by atoms with Gasteiger partial charge in [0.1, 0.15) is 0 Å². The second-order valence-corrected chi connectivity index (χ2v) is 3.39. The second-order valence-electron chi connectivity index (χ2n) is 2.48. The lowest BCUT2D eigenvalue weighted by Gasteiger charge is -2.02. The number of hydrogen-bond acceptors (Lipinski definition) is 1. The Hall–Kier alpha value is -0.970. The lowest BCUT2D eigenvalue weighted by atomic mass is 10.4. The lowest BCUT2D eigenvalue weighted by molar-refractivity contribution is 0.248. The monoisotopic (exact) mass is 231 g/mol. The van der Waals surface area contributed by atoms with Gasteiger partial charge in [-0.1, -0.05) is 0 Å². The molecule has 0 saturated heterocycles. The molecule has 66 valence electrons. The zero-order valence-corrected chi connectivity index (χ0v) is 8.26. The van der Waals surface area contributed by atoms with Gasteiger partial charge >= 0.3 is 6.03 Å². The highest BCUT2D eigenvalue weighted by Crippen LogP contribution is 2.12. The summed E-state index contributed by atoms with van der Waals surface area (Å²) in [6, 6.07) is 1.42. The predicted octanol–water partition coefficient (Wildman–Crippen LogP) is 0.956. The number of primary amides is 1. The fraction of sp³-hybridized carbons (Fsp3) is 0.286. The van der Waals surface area contributed by atoms with Crippen LogP contribution < -0.4 is 11.1 Å². The fourth-order valence-electron chi connectivity index (χ4n) is 0.920. The third-order valence-electron chi connectivity index (χ3n) is 1.52. The molecule has 2 amide bonds. The highest BCUT2D eigenvalue weighted by molar-refractivity contribution is 9.10. The van der Waals surface area contributed by atoms with Crippen LogP contribution in [0.3, 0.4) is 0 Å². The largest absolute Gasteiger partial charge is 0.352 e. The number of halogens is 1. The molecule has 4 nitrogen and oxygen atoms in total. The van der Waals surface area contributed by atoms with Crippen LogP contribution in [0.25, 0.3) is 0 Å². The number of nitrogens with one attached hydrogen (secondary N) is 1. The average molecular weight is 232 g/mol. The molecule has 1 aromatic heterocycles. The van der Waals surface area contributed by atoms with Gasteiger partial charge in [-0.3, -0.25) is 0 Å². The van der Waals surface area contributed by atoms with Crippen LogP contribution in [0.1, 0.15) is 5.69 Å². The summed E-state index contributed by atoms with van der Waals surface area (Å²) in [5, 5.41) is 2.51. The van der Waals surface area contributed by atoms with Crippen molar-refractivity contribution >= 4 is 22.0 Å². The number of amides is 2. The number of rotatable bonds is 2. The van der Waals surface area contributed by atoms with Gasteiger partial charge in [-0.2, -0.15) is 0 Å². The molecule has 1 heterocycles. The van der Waals surface area contributed by atoms with Crippen molar-refractivity contribution in [3.63, 3.8) is 0 Å². The Morgan fingerprint density at radius 2 is 2.50 bits per heavy atom. The van der Waals surface area contributed by atoms with E-state index in [9.17, 15) is 4.79 Å². The van der Waals surface area contributed by atoms with E-state index in [-0.39, 0.29) is 0 Å². The van der Waals surface area contributed by atoms with E-state index in [1.54, 1.807) is 0 Å². The Labute approximate surface area is 78.9 Å². The minimum Gasteiger partial charge on any atom is -0.352 e. The molecular formula is C7H10BrN3O. The first kappa shape index (κ1) is 9.12. The summed E-state index contributed by atoms with van der Waals surface area (Å²) in [4.78, 5) is 10.4. The normalized spacial score (nSPS) is 9.83. The van der Waals surface area contributed by atoms with E-state index in [4.69, 9.17) is 5.73 Å². The van der Waals surface area contributed by atoms with Gasteiger partial charge in [0.2, 0.25) is 0 Å². The van der Waals surface area contributed by atoms with Gasteiger partial charge in [0, 0.05) is 23.4 Å². The third kappa shape index (κ3) is 2.27. The maximum atomic E-state index is 10.4. The molecule has 0 fully saturated rings. The summed E-state index contributed by atoms with van der Waals surface area (Å²) in [6.07, 6.45) is 1.91. The second kappa shape index (κ2) is 3.62. The van der Waals surface area contributed by atoms with Crippen molar-refractivity contribution < 1.29 is 4.79 Å². The molecule has 0 radical (unpaired) electrons. The number of carbonyl (C=O) groups excluding carboxylic acids is 1. The van der Waals surface area contributed by atoms with Crippen molar-refractivity contribution in [3.8, 4) is 0 Å². The van der Waals surface area contributed by atoms with Crippen molar-refractivity contribution in [3.05, 3.63) is 22.4 Å². The van der Waals surface area contributed by atoms with E-state index in [1.165, 1.54) is 0 Å². The number of urea groups is 1. The first-order valence-corrected chi connectivity index (χ1v) is 4.23. The number of aryl methyl sites for hydroxylation is 1. The minimum absolute atomic E-state index is 0.456. The molecule has 0 aliphatic heterocycles. The first-order valence-electron chi connectivity index (χ1n) is 3.43. The molecule has 12 heavy (non-hydrogen) atoms. The number of hydrogen-bond donors (Lipinski definition) is 2. The van der Waals surface area contributed by atoms with Crippen molar-refractivity contribution in [1.82, 2.24) is 9.88 Å². The molecule has 0 spiro atoms. The summed E-state index contributed by atoms with van der Waals surface area (Å²) < 4.78 is 2.91. The molecular weight excluding hydrogens is 222 g/mol. The Balaban J connectivity index is 2.62. The Kier molecular flexibility index (Phi) is 2.75. The van der Waals surface area contributed by atoms with Crippen LogP contribution in [0, 0.1) is 0 Å². The summed E-state index contributed by atoms with van der Waals surface area (Å²) in [5.74, 6) is 0. The zero-order valence-electron chi connectivity index (χ0n) is 6.67. The van der Waals surface area contributed by atoms with Gasteiger partial charge in [0.05, 0.1) is 6.54 Å². The van der Waals surface area contributed by atoms with Crippen LogP contribution >= 0.6 is 15.9 Å². The van der Waals surface area contributed by atoms with Gasteiger partial charge in [0.15, 0.2) is 0 Å². The van der Waals surface area contributed by atoms with Crippen LogP contribution in [-0.4, -0.2) is 10.6 Å². The molecule has 0 aliphatic carbocycles. The number of nitrogens with zero attached hydrogens (tertiary/aromatic N) is 1. The van der Waals surface area contributed by atoms with Crippen molar-refractivity contribution in [1.29, 1.82) is 0 Å². The fourth-order valence-corrected chi connectivity index (χ4v) is 1.49. The minimum atomic E-state index is -0.507. The first-order chi connectivity index (χ1) is 5.59. The van der Waals surface area contributed by atoms with E-state index in [0.29, 0.717) is 6.54 Å². The number of nitrogens with two attached hydrogens (primary N) is 1. The Bertz CT molecular complexity index is 295. The van der Waals surface area contributed by atoms with E-state index in [2.05, 4.69) is 21.2 Å². The predicted molar refractivity (Wildman–Crippen MR) is 49.5 cm³/mol. The van der Waals surface area contributed by atoms with E-state index in [0.717, 1.165) is 10.2 Å². The smallest absolute Gasteiger partial charge is 0.312 e. The topological polar surface area (TPSA) is 60.1 Å². The molecule has 1 aromatic rings. The molecule has 0 bridgehead atoms. The number of aromatic nitrogens is 1. The summed E-state index contributed by atoms with van der Waals surface area (Å²) >= 11 is 3.33. The van der Waals surface area contributed by atoms with Gasteiger partial charge in [-0.05, 0) is 22.0 Å². The van der Waals surface area contributed by atoms with E-state index >= 15 is 0 Å². The van der Waals surface area contributed by atoms with Crippen LogP contribution in [-0.2, 0) is 13.6 Å². The summed E-state index contributed by atoms with van der Waals surface area (Å²) in [5.41, 5.74) is 5.93. The quantitative estimate of drug-likeness (QED) is 0.783. The Morgan fingerprint density at radius 3 is 2.92 bits per heavy atom. The third-order valence-corrected chi connectivity index (χ3v) is 1.95. The lowest BCUT2D eigenvalue weighted by Crippen LogP contribution is -2.29. The average Bonchev–Trinajstić information content (AvgIpc) is 2.26. The van der Waals surface area contributed by atoms with Crippen LogP contribution in [0.15, 0.2) is 16.7 Å². The summed E-state index contributed by atoms with van der Waals surface area (Å²) in [7, 11) is 1.91. The van der Waals surface area contributed by atoms with Gasteiger partial charge in [-0.25, -0.2) is 4.79 Å². The van der Waals surface area contributed by atoms with Gasteiger partial charge < -0.3 is 15.6 Å². The number of carbonyl (C=O) groups is 1. The molecule has 0 saturated carbocycles. The Morgan fingerprint density at radius 1 is 1.83 bits per heavy atom. The highest BCUT2D eigenvalue weighted by atomic mass is 79.9. The summed E-state index contributed by atoms with van der Waals surface area (Å²) in [6.45, 7) is 0.456. The maximum Gasteiger partial charge on any atom is 0.312 e. The molecule has 0 atom stereocenters. The highest BCUT2D eigenvalue weighted by Gasteiger charge is 2.00. The van der Waals surface area contributed by atoms with Crippen LogP contribution in [0.2, 0.25) is 0 Å². The standard InChI is InChI=1S/C7H10BrN3O/c1-11-4-5(8)2-6(11)3-10-7(9)12/h2,4H,3H2,1H3,(H3,9,10,12). The van der Waals surface area contributed by atoms with Gasteiger partial charge in [0.25, 0.3) is 0 Å². The molecule has 5 heteroatoms. The molecule has 0 aromatic carbocycles. The van der Waals surface area contributed by atoms with Crippen molar-refractivity contribution in [2.45, 2.75) is 6.54 Å². The SMILES string of the molecule is Cn1cc(Br)cc1CNC(N)=O. The van der Waals surface area contributed by atoms with Crippen molar-refractivity contribution in [2.24, 2.45) is 12.8 Å². The molecule has 0 unspecified atom stereocenters. The maximum absolute atomic E-state index is 10.4. The van der Waals surface area contributed by atoms with E-state index in [1.807, 2.05) is 23.9 Å². The molecule has 1 rings (SSSR count). The molecule has 3 N–H and O–H groups in total. The van der Waals surface area contributed by atoms with Crippen molar-refractivity contribution in [2.75, 3.05) is 0 Å². The van der Waals surface area contributed by atoms with Crippen LogP contribution in [0.4, 0.5) is 4.79 Å². The van der Waals surface area contributed by atoms with Gasteiger partial charge in [-0.15, -0.1) is 0 Å². The molecule has 0 aliphatic rings.